The Morgan fingerprint density at radius 1 is 0.769 bits per heavy atom. The molecule has 1 saturated carbocycles. The van der Waals surface area contributed by atoms with Gasteiger partial charge in [-0.2, -0.15) is 0 Å². The van der Waals surface area contributed by atoms with Crippen LogP contribution >= 0.6 is 11.6 Å². The summed E-state index contributed by atoms with van der Waals surface area (Å²) in [6, 6.07) is 25.5. The molecule has 1 N–H and O–H groups in total. The third kappa shape index (κ3) is 6.28. The number of carbonyl (C=O) groups excluding carboxylic acids is 2. The van der Waals surface area contributed by atoms with Gasteiger partial charge in [0.05, 0.1) is 6.04 Å². The number of hydrogen-bond acceptors (Lipinski definition) is 4. The summed E-state index contributed by atoms with van der Waals surface area (Å²) in [6.07, 6.45) is 10.3. The molecule has 1 aliphatic carbocycles. The van der Waals surface area contributed by atoms with Crippen LogP contribution in [0.15, 0.2) is 78.9 Å². The van der Waals surface area contributed by atoms with Crippen molar-refractivity contribution in [3.63, 3.8) is 0 Å². The second-order valence-electron chi connectivity index (χ2n) is 11.0. The summed E-state index contributed by atoms with van der Waals surface area (Å²) in [5.41, 5.74) is 2.32. The van der Waals surface area contributed by atoms with Gasteiger partial charge in [0.2, 0.25) is 0 Å². The van der Waals surface area contributed by atoms with Crippen LogP contribution in [0.3, 0.4) is 0 Å². The predicted molar refractivity (Wildman–Crippen MR) is 156 cm³/mol. The van der Waals surface area contributed by atoms with Crippen molar-refractivity contribution in [2.75, 3.05) is 6.54 Å². The average Bonchev–Trinajstić information content (AvgIpc) is 3.48. The van der Waals surface area contributed by atoms with E-state index in [4.69, 9.17) is 16.3 Å². The third-order valence-electron chi connectivity index (χ3n) is 8.36. The van der Waals surface area contributed by atoms with Crippen molar-refractivity contribution in [2.45, 2.75) is 81.8 Å². The zero-order chi connectivity index (χ0) is 27.1. The highest BCUT2D eigenvalue weighted by Gasteiger charge is 2.42. The summed E-state index contributed by atoms with van der Waals surface area (Å²) in [6.45, 7) is 0.798. The zero-order valence-electron chi connectivity index (χ0n) is 22.5. The number of halogens is 1. The number of ether oxygens (including phenoxy) is 1. The monoisotopic (exact) mass is 543 g/mol. The molecule has 3 aromatic carbocycles. The van der Waals surface area contributed by atoms with Gasteiger partial charge in [-0.25, -0.2) is 0 Å². The standard InChI is InChI=1S/C34H38ClNO3/c35-30-17-10-9-16-29(30)34(27-14-7-4-8-15-27,39-33(38)24-32(37)31-18-11-23-36-31)28-21-19-26(20-22-28)25-12-5-2-1-3-6-13-25/h4,7-10,14-17,19-22,25,31,36H,1-3,5-6,11-13,18,23-24H2/t31-,34?/m0/s1. The summed E-state index contributed by atoms with van der Waals surface area (Å²) in [5, 5.41) is 3.70. The Balaban J connectivity index is 1.55. The maximum atomic E-state index is 13.5. The van der Waals surface area contributed by atoms with Gasteiger partial charge in [0.1, 0.15) is 6.42 Å². The molecule has 1 heterocycles. The first-order valence-electron chi connectivity index (χ1n) is 14.5. The van der Waals surface area contributed by atoms with Crippen molar-refractivity contribution in [2.24, 2.45) is 0 Å². The van der Waals surface area contributed by atoms with Crippen molar-refractivity contribution >= 4 is 23.4 Å². The Labute approximate surface area is 237 Å². The van der Waals surface area contributed by atoms with Crippen LogP contribution < -0.4 is 5.32 Å². The van der Waals surface area contributed by atoms with Crippen LogP contribution in [0.2, 0.25) is 5.02 Å². The van der Waals surface area contributed by atoms with Crippen LogP contribution in [-0.4, -0.2) is 24.3 Å². The van der Waals surface area contributed by atoms with Crippen molar-refractivity contribution in [3.05, 3.63) is 106 Å². The number of hydrogen-bond donors (Lipinski definition) is 1. The van der Waals surface area contributed by atoms with E-state index in [1.807, 2.05) is 54.6 Å². The summed E-state index contributed by atoms with van der Waals surface area (Å²) < 4.78 is 6.46. The lowest BCUT2D eigenvalue weighted by Gasteiger charge is -2.36. The summed E-state index contributed by atoms with van der Waals surface area (Å²) in [5.74, 6) is -0.135. The topological polar surface area (TPSA) is 55.4 Å². The highest BCUT2D eigenvalue weighted by Crippen LogP contribution is 2.44. The predicted octanol–water partition coefficient (Wildman–Crippen LogP) is 7.71. The molecule has 2 atom stereocenters. The molecule has 2 fully saturated rings. The molecule has 5 rings (SSSR count). The Morgan fingerprint density at radius 2 is 1.41 bits per heavy atom. The van der Waals surface area contributed by atoms with E-state index < -0.39 is 11.6 Å². The first kappa shape index (κ1) is 27.6. The van der Waals surface area contributed by atoms with E-state index in [0.29, 0.717) is 16.5 Å². The molecule has 5 heteroatoms. The van der Waals surface area contributed by atoms with E-state index in [0.717, 1.165) is 30.5 Å². The summed E-state index contributed by atoms with van der Waals surface area (Å²) in [7, 11) is 0. The SMILES string of the molecule is O=C(CC(=O)[C@@H]1CCCN1)OC(c1ccccc1)(c1ccc(C2CCCCCCC2)cc1)c1ccccc1Cl. The van der Waals surface area contributed by atoms with Gasteiger partial charge in [0.25, 0.3) is 0 Å². The first-order valence-corrected chi connectivity index (χ1v) is 14.8. The Kier molecular flexibility index (Phi) is 9.16. The minimum atomic E-state index is -1.29. The Morgan fingerprint density at radius 3 is 2.08 bits per heavy atom. The normalized spacial score (nSPS) is 20.0. The van der Waals surface area contributed by atoms with E-state index in [2.05, 4.69) is 29.6 Å². The smallest absolute Gasteiger partial charge is 0.314 e. The van der Waals surface area contributed by atoms with Gasteiger partial charge in [-0.15, -0.1) is 0 Å². The van der Waals surface area contributed by atoms with E-state index in [-0.39, 0.29) is 18.2 Å². The minimum absolute atomic E-state index is 0.127. The third-order valence-corrected chi connectivity index (χ3v) is 8.69. The van der Waals surface area contributed by atoms with E-state index in [9.17, 15) is 9.59 Å². The summed E-state index contributed by atoms with van der Waals surface area (Å²) >= 11 is 6.82. The largest absolute Gasteiger partial charge is 0.444 e. The lowest BCUT2D eigenvalue weighted by atomic mass is 9.78. The van der Waals surface area contributed by atoms with Gasteiger partial charge in [-0.1, -0.05) is 117 Å². The highest BCUT2D eigenvalue weighted by atomic mass is 35.5. The van der Waals surface area contributed by atoms with Gasteiger partial charge < -0.3 is 10.1 Å². The van der Waals surface area contributed by atoms with Crippen molar-refractivity contribution < 1.29 is 14.3 Å². The second-order valence-corrected chi connectivity index (χ2v) is 11.4. The van der Waals surface area contributed by atoms with Gasteiger partial charge in [0, 0.05) is 21.7 Å². The van der Waals surface area contributed by atoms with Gasteiger partial charge >= 0.3 is 5.97 Å². The molecule has 39 heavy (non-hydrogen) atoms. The number of rotatable bonds is 8. The van der Waals surface area contributed by atoms with Gasteiger partial charge in [0.15, 0.2) is 11.4 Å². The molecule has 0 radical (unpaired) electrons. The van der Waals surface area contributed by atoms with Crippen LogP contribution in [0.1, 0.15) is 92.4 Å². The Bertz CT molecular complexity index is 1240. The fourth-order valence-corrected chi connectivity index (χ4v) is 6.55. The molecule has 0 amide bonds. The van der Waals surface area contributed by atoms with Crippen LogP contribution in [-0.2, 0) is 19.9 Å². The molecule has 204 valence electrons. The van der Waals surface area contributed by atoms with E-state index in [1.165, 1.54) is 50.5 Å². The van der Waals surface area contributed by atoms with Gasteiger partial charge in [-0.05, 0) is 49.8 Å². The quantitative estimate of drug-likeness (QED) is 0.179. The summed E-state index contributed by atoms with van der Waals surface area (Å²) in [4.78, 5) is 26.4. The molecule has 4 nitrogen and oxygen atoms in total. The fraction of sp³-hybridized carbons (Fsp3) is 0.412. The van der Waals surface area contributed by atoms with Crippen molar-refractivity contribution in [1.29, 1.82) is 0 Å². The molecule has 2 aliphatic rings. The molecule has 1 saturated heterocycles. The minimum Gasteiger partial charge on any atom is -0.444 e. The highest BCUT2D eigenvalue weighted by molar-refractivity contribution is 6.31. The molecule has 1 unspecified atom stereocenters. The maximum absolute atomic E-state index is 13.5. The molecule has 1 aliphatic heterocycles. The maximum Gasteiger partial charge on any atom is 0.314 e. The fourth-order valence-electron chi connectivity index (χ4n) is 6.28. The van der Waals surface area contributed by atoms with Crippen molar-refractivity contribution in [3.8, 4) is 0 Å². The zero-order valence-corrected chi connectivity index (χ0v) is 23.3. The number of esters is 1. The number of ketones is 1. The van der Waals surface area contributed by atoms with Crippen LogP contribution in [0, 0.1) is 0 Å². The van der Waals surface area contributed by atoms with Crippen LogP contribution in [0.5, 0.6) is 0 Å². The lowest BCUT2D eigenvalue weighted by Crippen LogP contribution is -2.38. The number of benzene rings is 3. The number of carbonyl (C=O) groups is 2. The van der Waals surface area contributed by atoms with Crippen LogP contribution in [0.4, 0.5) is 0 Å². The second kappa shape index (κ2) is 12.9. The molecular formula is C34H38ClNO3. The van der Waals surface area contributed by atoms with Gasteiger partial charge in [-0.3, -0.25) is 9.59 Å². The lowest BCUT2D eigenvalue weighted by molar-refractivity contribution is -0.155. The van der Waals surface area contributed by atoms with Crippen LogP contribution in [0.25, 0.3) is 0 Å². The molecule has 0 aromatic heterocycles. The molecule has 0 spiro atoms. The van der Waals surface area contributed by atoms with E-state index in [1.54, 1.807) is 0 Å². The molecular weight excluding hydrogens is 506 g/mol. The molecule has 3 aromatic rings. The average molecular weight is 544 g/mol. The number of nitrogens with one attached hydrogen (secondary N) is 1. The molecule has 0 bridgehead atoms. The Hall–Kier alpha value is -2.95. The number of Topliss-reactive ketones (excluding diaryl/α,β-unsaturated/α-hetero) is 1. The first-order chi connectivity index (χ1) is 19.1. The van der Waals surface area contributed by atoms with Crippen molar-refractivity contribution in [1.82, 2.24) is 5.32 Å². The van der Waals surface area contributed by atoms with E-state index >= 15 is 0 Å².